The Morgan fingerprint density at radius 1 is 1.19 bits per heavy atom. The molecular formula is C16H17N5O5. The Bertz CT molecular complexity index is 1120. The molecule has 10 heteroatoms. The molecule has 0 saturated heterocycles. The van der Waals surface area contributed by atoms with Crippen molar-refractivity contribution in [3.05, 3.63) is 60.8 Å². The minimum atomic E-state index is -0.683. The number of ether oxygens (including phenoxy) is 1. The summed E-state index contributed by atoms with van der Waals surface area (Å²) < 4.78 is 8.93. The van der Waals surface area contributed by atoms with E-state index in [1.165, 1.54) is 23.2 Å². The van der Waals surface area contributed by atoms with Crippen LogP contribution in [0.1, 0.15) is 5.56 Å². The van der Waals surface area contributed by atoms with Crippen molar-refractivity contribution in [1.29, 1.82) is 0 Å². The SMILES string of the molecule is Cc1ccccc1OCCn1c([N+](=O)[O-])nc2c(=O)n(C)c(=O)n(C)c21. The summed E-state index contributed by atoms with van der Waals surface area (Å²) in [5.41, 5.74) is -0.364. The molecule has 0 fully saturated rings. The van der Waals surface area contributed by atoms with Crippen LogP contribution in [-0.2, 0) is 20.6 Å². The average molecular weight is 359 g/mol. The van der Waals surface area contributed by atoms with Crippen LogP contribution in [0.3, 0.4) is 0 Å². The molecule has 0 bridgehead atoms. The van der Waals surface area contributed by atoms with Crippen LogP contribution >= 0.6 is 0 Å². The number of hydrogen-bond acceptors (Lipinski definition) is 6. The monoisotopic (exact) mass is 359 g/mol. The van der Waals surface area contributed by atoms with Gasteiger partial charge in [0.15, 0.2) is 0 Å². The van der Waals surface area contributed by atoms with Crippen molar-refractivity contribution >= 4 is 17.1 Å². The highest BCUT2D eigenvalue weighted by Crippen LogP contribution is 2.19. The van der Waals surface area contributed by atoms with Gasteiger partial charge in [0, 0.05) is 14.1 Å². The molecule has 1 aromatic carbocycles. The van der Waals surface area contributed by atoms with E-state index in [-0.39, 0.29) is 24.3 Å². The zero-order chi connectivity index (χ0) is 19.0. The highest BCUT2D eigenvalue weighted by atomic mass is 16.6. The van der Waals surface area contributed by atoms with Crippen molar-refractivity contribution in [3.63, 3.8) is 0 Å². The highest BCUT2D eigenvalue weighted by Gasteiger charge is 2.27. The molecule has 0 aliphatic rings. The summed E-state index contributed by atoms with van der Waals surface area (Å²) in [6.07, 6.45) is 0. The standard InChI is InChI=1S/C16H17N5O5/c1-10-6-4-5-7-11(10)26-9-8-20-13-12(17-15(20)21(24)25)14(22)19(3)16(23)18(13)2/h4-7H,8-9H2,1-3H3. The van der Waals surface area contributed by atoms with Crippen LogP contribution in [0.4, 0.5) is 5.95 Å². The molecule has 3 aromatic rings. The van der Waals surface area contributed by atoms with E-state index in [1.807, 2.05) is 25.1 Å². The first-order chi connectivity index (χ1) is 12.3. The van der Waals surface area contributed by atoms with Crippen LogP contribution in [0, 0.1) is 17.0 Å². The number of benzene rings is 1. The lowest BCUT2D eigenvalue weighted by molar-refractivity contribution is -0.396. The molecule has 0 radical (unpaired) electrons. The molecule has 136 valence electrons. The summed E-state index contributed by atoms with van der Waals surface area (Å²) in [7, 11) is 2.74. The van der Waals surface area contributed by atoms with E-state index in [0.717, 1.165) is 10.1 Å². The maximum Gasteiger partial charge on any atom is 0.437 e. The number of aromatic nitrogens is 4. The third kappa shape index (κ3) is 2.75. The molecule has 0 aliphatic heterocycles. The van der Waals surface area contributed by atoms with Gasteiger partial charge in [0.25, 0.3) is 5.52 Å². The van der Waals surface area contributed by atoms with E-state index in [1.54, 1.807) is 6.07 Å². The van der Waals surface area contributed by atoms with Crippen molar-refractivity contribution in [1.82, 2.24) is 18.7 Å². The Morgan fingerprint density at radius 3 is 2.54 bits per heavy atom. The average Bonchev–Trinajstić information content (AvgIpc) is 3.00. The molecule has 3 rings (SSSR count). The number of nitrogens with zero attached hydrogens (tertiary/aromatic N) is 5. The van der Waals surface area contributed by atoms with E-state index in [2.05, 4.69) is 4.98 Å². The van der Waals surface area contributed by atoms with Gasteiger partial charge in [-0.15, -0.1) is 0 Å². The Morgan fingerprint density at radius 2 is 1.88 bits per heavy atom. The Balaban J connectivity index is 2.05. The third-order valence-corrected chi connectivity index (χ3v) is 4.15. The third-order valence-electron chi connectivity index (χ3n) is 4.15. The minimum absolute atomic E-state index is 0.0571. The molecule has 0 spiro atoms. The molecule has 0 atom stereocenters. The van der Waals surface area contributed by atoms with Gasteiger partial charge in [-0.2, -0.15) is 0 Å². The van der Waals surface area contributed by atoms with E-state index < -0.39 is 22.1 Å². The fourth-order valence-corrected chi connectivity index (χ4v) is 2.79. The van der Waals surface area contributed by atoms with Gasteiger partial charge in [-0.25, -0.2) is 9.36 Å². The maximum atomic E-state index is 12.2. The van der Waals surface area contributed by atoms with Crippen LogP contribution in [0.5, 0.6) is 5.75 Å². The fourth-order valence-electron chi connectivity index (χ4n) is 2.79. The van der Waals surface area contributed by atoms with Crippen LogP contribution in [-0.4, -0.2) is 30.2 Å². The number of imidazole rings is 1. The number of para-hydroxylation sites is 1. The largest absolute Gasteiger partial charge is 0.490 e. The lowest BCUT2D eigenvalue weighted by Crippen LogP contribution is -2.37. The smallest absolute Gasteiger partial charge is 0.437 e. The first kappa shape index (κ1) is 17.4. The molecule has 0 amide bonds. The molecule has 0 aliphatic carbocycles. The van der Waals surface area contributed by atoms with Gasteiger partial charge in [-0.3, -0.25) is 13.9 Å². The second-order valence-corrected chi connectivity index (χ2v) is 5.81. The Labute approximate surface area is 147 Å². The predicted molar refractivity (Wildman–Crippen MR) is 93.5 cm³/mol. The lowest BCUT2D eigenvalue weighted by Gasteiger charge is -2.09. The van der Waals surface area contributed by atoms with Crippen LogP contribution in [0.15, 0.2) is 33.9 Å². The van der Waals surface area contributed by atoms with Crippen molar-refractivity contribution in [2.45, 2.75) is 13.5 Å². The van der Waals surface area contributed by atoms with Crippen LogP contribution in [0.2, 0.25) is 0 Å². The van der Waals surface area contributed by atoms with Crippen molar-refractivity contribution in [2.75, 3.05) is 6.61 Å². The van der Waals surface area contributed by atoms with Crippen molar-refractivity contribution in [2.24, 2.45) is 14.1 Å². The Hall–Kier alpha value is -3.43. The molecule has 0 saturated carbocycles. The highest BCUT2D eigenvalue weighted by molar-refractivity contribution is 5.72. The molecule has 10 nitrogen and oxygen atoms in total. The molecular weight excluding hydrogens is 342 g/mol. The summed E-state index contributed by atoms with van der Waals surface area (Å²) in [6.45, 7) is 2.06. The lowest BCUT2D eigenvalue weighted by atomic mass is 10.2. The van der Waals surface area contributed by atoms with Gasteiger partial charge in [-0.05, 0) is 23.5 Å². The molecule has 2 heterocycles. The van der Waals surface area contributed by atoms with Crippen molar-refractivity contribution < 1.29 is 9.66 Å². The number of aryl methyl sites for hydroxylation is 2. The predicted octanol–water partition coefficient (Wildman–Crippen LogP) is 0.729. The summed E-state index contributed by atoms with van der Waals surface area (Å²) >= 11 is 0. The topological polar surface area (TPSA) is 114 Å². The molecule has 0 N–H and O–H groups in total. The Kier molecular flexibility index (Phi) is 4.33. The van der Waals surface area contributed by atoms with Crippen molar-refractivity contribution in [3.8, 4) is 5.75 Å². The fraction of sp³-hybridized carbons (Fsp3) is 0.312. The quantitative estimate of drug-likeness (QED) is 0.490. The first-order valence-corrected chi connectivity index (χ1v) is 7.82. The normalized spacial score (nSPS) is 11.0. The summed E-state index contributed by atoms with van der Waals surface area (Å²) in [5.74, 6) is 0.149. The van der Waals surface area contributed by atoms with Gasteiger partial charge in [0.05, 0.1) is 0 Å². The second-order valence-electron chi connectivity index (χ2n) is 5.81. The number of fused-ring (bicyclic) bond motifs is 1. The van der Waals surface area contributed by atoms with E-state index >= 15 is 0 Å². The van der Waals surface area contributed by atoms with Gasteiger partial charge < -0.3 is 14.9 Å². The second kappa shape index (κ2) is 6.47. The first-order valence-electron chi connectivity index (χ1n) is 7.82. The van der Waals surface area contributed by atoms with Gasteiger partial charge in [0.1, 0.15) is 18.9 Å². The van der Waals surface area contributed by atoms with E-state index in [4.69, 9.17) is 4.74 Å². The summed E-state index contributed by atoms with van der Waals surface area (Å²) in [4.78, 5) is 38.9. The molecule has 2 aromatic heterocycles. The van der Waals surface area contributed by atoms with Crippen LogP contribution in [0.25, 0.3) is 11.2 Å². The summed E-state index contributed by atoms with van der Waals surface area (Å²) in [6, 6.07) is 7.38. The maximum absolute atomic E-state index is 12.2. The van der Waals surface area contributed by atoms with Gasteiger partial charge in [0.2, 0.25) is 5.65 Å². The molecule has 0 unspecified atom stereocenters. The zero-order valence-corrected chi connectivity index (χ0v) is 14.5. The van der Waals surface area contributed by atoms with E-state index in [9.17, 15) is 19.7 Å². The minimum Gasteiger partial charge on any atom is -0.490 e. The summed E-state index contributed by atoms with van der Waals surface area (Å²) in [5, 5.41) is 11.4. The number of rotatable bonds is 5. The zero-order valence-electron chi connectivity index (χ0n) is 14.5. The van der Waals surface area contributed by atoms with Gasteiger partial charge >= 0.3 is 17.2 Å². The number of hydrogen-bond donors (Lipinski definition) is 0. The van der Waals surface area contributed by atoms with Crippen LogP contribution < -0.4 is 16.0 Å². The number of nitro groups is 1. The van der Waals surface area contributed by atoms with Gasteiger partial charge in [-0.1, -0.05) is 23.2 Å². The van der Waals surface area contributed by atoms with E-state index in [0.29, 0.717) is 5.75 Å². The molecule has 26 heavy (non-hydrogen) atoms.